The predicted molar refractivity (Wildman–Crippen MR) is 85.2 cm³/mol. The maximum Gasteiger partial charge on any atom is 0.193 e. The first-order valence-electron chi connectivity index (χ1n) is 7.95. The SMILES string of the molecule is CCCC1(C)CCCN(C(=NC)NCCn2cncn2)C1. The Balaban J connectivity index is 1.85. The largest absolute Gasteiger partial charge is 0.354 e. The van der Waals surface area contributed by atoms with Crippen molar-refractivity contribution in [1.29, 1.82) is 0 Å². The Morgan fingerprint density at radius 1 is 1.48 bits per heavy atom. The lowest BCUT2D eigenvalue weighted by molar-refractivity contribution is 0.142. The third kappa shape index (κ3) is 4.44. The van der Waals surface area contributed by atoms with E-state index in [0.29, 0.717) is 5.41 Å². The van der Waals surface area contributed by atoms with Crippen molar-refractivity contribution in [3.8, 4) is 0 Å². The summed E-state index contributed by atoms with van der Waals surface area (Å²) in [6.07, 6.45) is 8.43. The van der Waals surface area contributed by atoms with E-state index < -0.39 is 0 Å². The molecule has 6 nitrogen and oxygen atoms in total. The first-order valence-corrected chi connectivity index (χ1v) is 7.95. The number of guanidine groups is 1. The normalized spacial score (nSPS) is 23.4. The molecular weight excluding hydrogens is 264 g/mol. The Hall–Kier alpha value is -1.59. The van der Waals surface area contributed by atoms with Gasteiger partial charge in [0, 0.05) is 26.7 Å². The molecule has 1 fully saturated rings. The number of aromatic nitrogens is 3. The van der Waals surface area contributed by atoms with Crippen LogP contribution >= 0.6 is 0 Å². The van der Waals surface area contributed by atoms with Gasteiger partial charge in [-0.15, -0.1) is 0 Å². The molecule has 1 aromatic heterocycles. The van der Waals surface area contributed by atoms with Crippen molar-refractivity contribution < 1.29 is 0 Å². The quantitative estimate of drug-likeness (QED) is 0.663. The number of piperidine rings is 1. The smallest absolute Gasteiger partial charge is 0.193 e. The summed E-state index contributed by atoms with van der Waals surface area (Å²) in [6.45, 7) is 8.50. The average molecular weight is 292 g/mol. The number of hydrogen-bond acceptors (Lipinski definition) is 3. The predicted octanol–water partition coefficient (Wildman–Crippen LogP) is 1.76. The lowest BCUT2D eigenvalue weighted by atomic mass is 9.78. The highest BCUT2D eigenvalue weighted by Gasteiger charge is 2.31. The zero-order valence-corrected chi connectivity index (χ0v) is 13.5. The van der Waals surface area contributed by atoms with Crippen LogP contribution in [0.3, 0.4) is 0 Å². The van der Waals surface area contributed by atoms with Crippen molar-refractivity contribution in [2.24, 2.45) is 10.4 Å². The van der Waals surface area contributed by atoms with Crippen molar-refractivity contribution in [2.45, 2.75) is 46.1 Å². The number of likely N-dealkylation sites (tertiary alicyclic amines) is 1. The molecule has 0 spiro atoms. The minimum atomic E-state index is 0.427. The Morgan fingerprint density at radius 2 is 2.33 bits per heavy atom. The summed E-state index contributed by atoms with van der Waals surface area (Å²) in [6, 6.07) is 0. The van der Waals surface area contributed by atoms with Crippen LogP contribution < -0.4 is 5.32 Å². The second-order valence-corrected chi connectivity index (χ2v) is 6.22. The highest BCUT2D eigenvalue weighted by Crippen LogP contribution is 2.33. The molecule has 1 aliphatic heterocycles. The number of aliphatic imine (C=N–C) groups is 1. The first kappa shape index (κ1) is 15.8. The molecule has 21 heavy (non-hydrogen) atoms. The fourth-order valence-electron chi connectivity index (χ4n) is 3.27. The molecule has 2 heterocycles. The minimum Gasteiger partial charge on any atom is -0.354 e. The zero-order valence-electron chi connectivity index (χ0n) is 13.5. The maximum absolute atomic E-state index is 4.44. The highest BCUT2D eigenvalue weighted by atomic mass is 15.3. The standard InChI is InChI=1S/C15H28N6/c1-4-6-15(2)7-5-9-20(11-15)14(16-3)18-8-10-21-13-17-12-19-21/h12-13H,4-11H2,1-3H3,(H,16,18). The van der Waals surface area contributed by atoms with Gasteiger partial charge < -0.3 is 10.2 Å². The third-order valence-electron chi connectivity index (χ3n) is 4.24. The molecule has 1 aliphatic rings. The van der Waals surface area contributed by atoms with Crippen LogP contribution in [0.1, 0.15) is 39.5 Å². The van der Waals surface area contributed by atoms with Gasteiger partial charge in [0.25, 0.3) is 0 Å². The molecule has 0 radical (unpaired) electrons. The van der Waals surface area contributed by atoms with Crippen LogP contribution in [0.4, 0.5) is 0 Å². The van der Waals surface area contributed by atoms with Gasteiger partial charge in [-0.25, -0.2) is 4.98 Å². The van der Waals surface area contributed by atoms with Gasteiger partial charge in [0.05, 0.1) is 6.54 Å². The van der Waals surface area contributed by atoms with Crippen LogP contribution in [0.2, 0.25) is 0 Å². The van der Waals surface area contributed by atoms with Gasteiger partial charge in [0.1, 0.15) is 12.7 Å². The maximum atomic E-state index is 4.44. The molecule has 1 atom stereocenters. The monoisotopic (exact) mass is 292 g/mol. The van der Waals surface area contributed by atoms with Gasteiger partial charge in [0.15, 0.2) is 5.96 Å². The number of rotatable bonds is 5. The van der Waals surface area contributed by atoms with Gasteiger partial charge in [0.2, 0.25) is 0 Å². The fourth-order valence-corrected chi connectivity index (χ4v) is 3.27. The van der Waals surface area contributed by atoms with Crippen LogP contribution in [0, 0.1) is 5.41 Å². The van der Waals surface area contributed by atoms with Crippen molar-refractivity contribution in [3.05, 3.63) is 12.7 Å². The second-order valence-electron chi connectivity index (χ2n) is 6.22. The van der Waals surface area contributed by atoms with E-state index in [4.69, 9.17) is 0 Å². The lowest BCUT2D eigenvalue weighted by Gasteiger charge is -2.42. The van der Waals surface area contributed by atoms with Gasteiger partial charge in [-0.2, -0.15) is 5.10 Å². The summed E-state index contributed by atoms with van der Waals surface area (Å²) in [7, 11) is 1.86. The molecule has 0 saturated carbocycles. The topological polar surface area (TPSA) is 58.3 Å². The number of hydrogen-bond donors (Lipinski definition) is 1. The summed E-state index contributed by atoms with van der Waals surface area (Å²) in [5, 5.41) is 7.56. The number of nitrogens with zero attached hydrogens (tertiary/aromatic N) is 5. The summed E-state index contributed by atoms with van der Waals surface area (Å²) >= 11 is 0. The van der Waals surface area contributed by atoms with Gasteiger partial charge in [-0.1, -0.05) is 20.3 Å². The van der Waals surface area contributed by atoms with Crippen LogP contribution in [-0.4, -0.2) is 52.3 Å². The number of nitrogens with one attached hydrogen (secondary N) is 1. The Morgan fingerprint density at radius 3 is 3.00 bits per heavy atom. The van der Waals surface area contributed by atoms with Crippen LogP contribution in [-0.2, 0) is 6.54 Å². The fraction of sp³-hybridized carbons (Fsp3) is 0.800. The van der Waals surface area contributed by atoms with Crippen molar-refractivity contribution in [2.75, 3.05) is 26.7 Å². The van der Waals surface area contributed by atoms with E-state index in [1.807, 2.05) is 11.7 Å². The van der Waals surface area contributed by atoms with Crippen LogP contribution in [0.5, 0.6) is 0 Å². The minimum absolute atomic E-state index is 0.427. The molecule has 1 saturated heterocycles. The molecule has 0 bridgehead atoms. The summed E-state index contributed by atoms with van der Waals surface area (Å²) in [5.41, 5.74) is 0.427. The van der Waals surface area contributed by atoms with Crippen molar-refractivity contribution >= 4 is 5.96 Å². The highest BCUT2D eigenvalue weighted by molar-refractivity contribution is 5.80. The molecule has 2 rings (SSSR count). The summed E-state index contributed by atoms with van der Waals surface area (Å²) in [4.78, 5) is 10.8. The molecule has 118 valence electrons. The Labute approximate surface area is 127 Å². The molecule has 0 aliphatic carbocycles. The molecule has 6 heteroatoms. The van der Waals surface area contributed by atoms with E-state index in [2.05, 4.69) is 39.1 Å². The molecule has 0 amide bonds. The Kier molecular flexibility index (Phi) is 5.59. The van der Waals surface area contributed by atoms with Crippen LogP contribution in [0.15, 0.2) is 17.6 Å². The van der Waals surface area contributed by atoms with Crippen molar-refractivity contribution in [1.82, 2.24) is 25.0 Å². The summed E-state index contributed by atoms with van der Waals surface area (Å²) < 4.78 is 1.83. The zero-order chi connectivity index (χ0) is 15.1. The Bertz CT molecular complexity index is 437. The van der Waals surface area contributed by atoms with E-state index in [-0.39, 0.29) is 0 Å². The van der Waals surface area contributed by atoms with Gasteiger partial charge >= 0.3 is 0 Å². The molecule has 1 N–H and O–H groups in total. The molecule has 1 unspecified atom stereocenters. The van der Waals surface area contributed by atoms with Gasteiger partial charge in [-0.05, 0) is 24.7 Å². The van der Waals surface area contributed by atoms with E-state index in [1.54, 1.807) is 12.7 Å². The lowest BCUT2D eigenvalue weighted by Crippen LogP contribution is -2.50. The van der Waals surface area contributed by atoms with E-state index in [1.165, 1.54) is 25.7 Å². The van der Waals surface area contributed by atoms with E-state index in [0.717, 1.165) is 32.1 Å². The van der Waals surface area contributed by atoms with Crippen LogP contribution in [0.25, 0.3) is 0 Å². The first-order chi connectivity index (χ1) is 10.2. The average Bonchev–Trinajstić information content (AvgIpc) is 2.97. The van der Waals surface area contributed by atoms with Gasteiger partial charge in [-0.3, -0.25) is 9.67 Å². The molecular formula is C15H28N6. The second kappa shape index (κ2) is 7.43. The molecule has 0 aromatic carbocycles. The van der Waals surface area contributed by atoms with Crippen molar-refractivity contribution in [3.63, 3.8) is 0 Å². The third-order valence-corrected chi connectivity index (χ3v) is 4.24. The van der Waals surface area contributed by atoms with E-state index >= 15 is 0 Å². The summed E-state index contributed by atoms with van der Waals surface area (Å²) in [5.74, 6) is 1.01. The van der Waals surface area contributed by atoms with E-state index in [9.17, 15) is 0 Å². The molecule has 1 aromatic rings.